The molecule has 30 heavy (non-hydrogen) atoms. The summed E-state index contributed by atoms with van der Waals surface area (Å²) in [4.78, 5) is 39.0. The van der Waals surface area contributed by atoms with Crippen molar-refractivity contribution in [2.75, 3.05) is 23.7 Å². The number of furan rings is 2. The zero-order valence-electron chi connectivity index (χ0n) is 16.2. The molecule has 0 bridgehead atoms. The molecule has 4 rings (SSSR count). The zero-order chi connectivity index (χ0) is 20.9. The van der Waals surface area contributed by atoms with E-state index in [0.717, 1.165) is 6.42 Å². The quantitative estimate of drug-likeness (QED) is 0.672. The Labute approximate surface area is 172 Å². The molecule has 1 fully saturated rings. The highest BCUT2D eigenvalue weighted by molar-refractivity contribution is 6.03. The van der Waals surface area contributed by atoms with Gasteiger partial charge in [0.05, 0.1) is 18.4 Å². The molecule has 1 aliphatic rings. The lowest BCUT2D eigenvalue weighted by Crippen LogP contribution is -2.43. The van der Waals surface area contributed by atoms with E-state index < -0.39 is 0 Å². The van der Waals surface area contributed by atoms with Gasteiger partial charge in [-0.3, -0.25) is 14.4 Å². The molecular formula is C22H21N3O5. The molecule has 3 amide bonds. The number of rotatable bonds is 5. The molecule has 1 atom stereocenters. The molecule has 0 aliphatic carbocycles. The lowest BCUT2D eigenvalue weighted by atomic mass is 9.96. The number of likely N-dealkylation sites (tertiary alicyclic amines) is 1. The maximum absolute atomic E-state index is 12.8. The van der Waals surface area contributed by atoms with Crippen molar-refractivity contribution in [3.63, 3.8) is 0 Å². The molecule has 0 spiro atoms. The Balaban J connectivity index is 1.37. The molecule has 3 aromatic rings. The fraction of sp³-hybridized carbons (Fsp3) is 0.227. The molecule has 3 heterocycles. The summed E-state index contributed by atoms with van der Waals surface area (Å²) in [6, 6.07) is 13.4. The molecule has 0 saturated carbocycles. The van der Waals surface area contributed by atoms with E-state index >= 15 is 0 Å². The van der Waals surface area contributed by atoms with E-state index in [0.29, 0.717) is 30.9 Å². The fourth-order valence-electron chi connectivity index (χ4n) is 3.45. The Hall–Kier alpha value is -3.81. The van der Waals surface area contributed by atoms with E-state index in [9.17, 15) is 14.4 Å². The molecule has 0 radical (unpaired) electrons. The number of piperidine rings is 1. The Morgan fingerprint density at radius 3 is 2.30 bits per heavy atom. The number of hydrogen-bond donors (Lipinski definition) is 2. The predicted molar refractivity (Wildman–Crippen MR) is 109 cm³/mol. The van der Waals surface area contributed by atoms with Gasteiger partial charge in [-0.05, 0) is 55.3 Å². The summed E-state index contributed by atoms with van der Waals surface area (Å²) < 4.78 is 10.3. The smallest absolute Gasteiger partial charge is 0.291 e. The van der Waals surface area contributed by atoms with Crippen LogP contribution >= 0.6 is 0 Å². The Bertz CT molecular complexity index is 1030. The lowest BCUT2D eigenvalue weighted by Gasteiger charge is -2.31. The first-order chi connectivity index (χ1) is 14.6. The molecule has 8 heteroatoms. The number of hydrogen-bond acceptors (Lipinski definition) is 5. The van der Waals surface area contributed by atoms with Gasteiger partial charge in [0.15, 0.2) is 11.5 Å². The number of benzene rings is 1. The van der Waals surface area contributed by atoms with Crippen LogP contribution in [0.4, 0.5) is 11.4 Å². The lowest BCUT2D eigenvalue weighted by molar-refractivity contribution is -0.121. The van der Waals surface area contributed by atoms with Crippen LogP contribution in [0.25, 0.3) is 0 Å². The summed E-state index contributed by atoms with van der Waals surface area (Å²) in [7, 11) is 0. The highest BCUT2D eigenvalue weighted by Gasteiger charge is 2.30. The molecule has 8 nitrogen and oxygen atoms in total. The average molecular weight is 407 g/mol. The van der Waals surface area contributed by atoms with Crippen LogP contribution in [-0.4, -0.2) is 35.7 Å². The Morgan fingerprint density at radius 2 is 1.60 bits per heavy atom. The molecule has 2 aromatic heterocycles. The Morgan fingerprint density at radius 1 is 0.900 bits per heavy atom. The maximum atomic E-state index is 12.8. The van der Waals surface area contributed by atoms with Crippen molar-refractivity contribution in [2.45, 2.75) is 12.8 Å². The fourth-order valence-corrected chi connectivity index (χ4v) is 3.45. The van der Waals surface area contributed by atoms with Crippen molar-refractivity contribution in [1.82, 2.24) is 4.90 Å². The standard InChI is InChI=1S/C22H21N3O5/c26-20(15-5-2-10-25(14-15)22(28)19-9-4-12-30-19)23-16-6-1-7-17(13-16)24-21(27)18-8-3-11-29-18/h1,3-4,6-9,11-13,15H,2,5,10,14H2,(H,23,26)(H,24,27)/t15-/m1/s1. The second kappa shape index (κ2) is 8.69. The third kappa shape index (κ3) is 4.43. The minimum absolute atomic E-state index is 0.165. The van der Waals surface area contributed by atoms with Gasteiger partial charge in [0.1, 0.15) is 0 Å². The summed E-state index contributed by atoms with van der Waals surface area (Å²) in [5.74, 6) is -0.590. The normalized spacial score (nSPS) is 16.1. The minimum Gasteiger partial charge on any atom is -0.459 e. The summed E-state index contributed by atoms with van der Waals surface area (Å²) >= 11 is 0. The number of nitrogens with zero attached hydrogens (tertiary/aromatic N) is 1. The van der Waals surface area contributed by atoms with Crippen LogP contribution < -0.4 is 10.6 Å². The number of amides is 3. The van der Waals surface area contributed by atoms with E-state index in [-0.39, 0.29) is 35.2 Å². The highest BCUT2D eigenvalue weighted by Crippen LogP contribution is 2.22. The van der Waals surface area contributed by atoms with Crippen LogP contribution in [0.3, 0.4) is 0 Å². The van der Waals surface area contributed by atoms with Crippen LogP contribution in [0, 0.1) is 5.92 Å². The maximum Gasteiger partial charge on any atom is 0.291 e. The molecule has 1 aromatic carbocycles. The monoisotopic (exact) mass is 407 g/mol. The van der Waals surface area contributed by atoms with Gasteiger partial charge >= 0.3 is 0 Å². The van der Waals surface area contributed by atoms with Gasteiger partial charge in [-0.2, -0.15) is 0 Å². The molecule has 154 valence electrons. The van der Waals surface area contributed by atoms with Gasteiger partial charge in [-0.15, -0.1) is 0 Å². The van der Waals surface area contributed by atoms with Crippen molar-refractivity contribution < 1.29 is 23.2 Å². The molecule has 2 N–H and O–H groups in total. The van der Waals surface area contributed by atoms with Crippen LogP contribution in [0.15, 0.2) is 69.9 Å². The van der Waals surface area contributed by atoms with Gasteiger partial charge in [0.25, 0.3) is 11.8 Å². The van der Waals surface area contributed by atoms with Gasteiger partial charge < -0.3 is 24.4 Å². The minimum atomic E-state index is -0.372. The van der Waals surface area contributed by atoms with E-state index in [1.54, 1.807) is 53.4 Å². The van der Waals surface area contributed by atoms with Crippen LogP contribution in [0.1, 0.15) is 34.0 Å². The molecule has 1 aliphatic heterocycles. The topological polar surface area (TPSA) is 105 Å². The summed E-state index contributed by atoms with van der Waals surface area (Å²) in [5, 5.41) is 5.61. The SMILES string of the molecule is O=C(Nc1cccc(NC(=O)[C@@H]2CCCN(C(=O)c3ccco3)C2)c1)c1ccco1. The third-order valence-electron chi connectivity index (χ3n) is 4.94. The zero-order valence-corrected chi connectivity index (χ0v) is 16.2. The number of anilines is 2. The third-order valence-corrected chi connectivity index (χ3v) is 4.94. The van der Waals surface area contributed by atoms with Crippen LogP contribution in [0.5, 0.6) is 0 Å². The number of nitrogens with one attached hydrogen (secondary N) is 2. The van der Waals surface area contributed by atoms with E-state index in [4.69, 9.17) is 8.83 Å². The first kappa shape index (κ1) is 19.5. The second-order valence-corrected chi connectivity index (χ2v) is 7.07. The van der Waals surface area contributed by atoms with E-state index in [2.05, 4.69) is 10.6 Å². The van der Waals surface area contributed by atoms with Crippen molar-refractivity contribution >= 4 is 29.1 Å². The number of carbonyl (C=O) groups excluding carboxylic acids is 3. The number of carbonyl (C=O) groups is 3. The van der Waals surface area contributed by atoms with E-state index in [1.807, 2.05) is 0 Å². The van der Waals surface area contributed by atoms with Crippen molar-refractivity contribution in [3.05, 3.63) is 72.6 Å². The first-order valence-corrected chi connectivity index (χ1v) is 9.69. The van der Waals surface area contributed by atoms with Crippen molar-refractivity contribution in [2.24, 2.45) is 5.92 Å². The first-order valence-electron chi connectivity index (χ1n) is 9.69. The van der Waals surface area contributed by atoms with Gasteiger partial charge in [-0.1, -0.05) is 6.07 Å². The largest absolute Gasteiger partial charge is 0.459 e. The van der Waals surface area contributed by atoms with Crippen molar-refractivity contribution in [1.29, 1.82) is 0 Å². The van der Waals surface area contributed by atoms with Gasteiger partial charge in [-0.25, -0.2) is 0 Å². The molecule has 0 unspecified atom stereocenters. The second-order valence-electron chi connectivity index (χ2n) is 7.07. The van der Waals surface area contributed by atoms with Crippen molar-refractivity contribution in [3.8, 4) is 0 Å². The summed E-state index contributed by atoms with van der Waals surface area (Å²) in [6.07, 6.45) is 4.32. The summed E-state index contributed by atoms with van der Waals surface area (Å²) in [6.45, 7) is 0.928. The molecule has 1 saturated heterocycles. The predicted octanol–water partition coefficient (Wildman–Crippen LogP) is 3.62. The summed E-state index contributed by atoms with van der Waals surface area (Å²) in [5.41, 5.74) is 1.10. The van der Waals surface area contributed by atoms with Crippen LogP contribution in [-0.2, 0) is 4.79 Å². The molecular weight excluding hydrogens is 386 g/mol. The van der Waals surface area contributed by atoms with Gasteiger partial charge in [0.2, 0.25) is 5.91 Å². The highest BCUT2D eigenvalue weighted by atomic mass is 16.3. The van der Waals surface area contributed by atoms with Gasteiger partial charge in [0, 0.05) is 24.5 Å². The van der Waals surface area contributed by atoms with E-state index in [1.165, 1.54) is 12.5 Å². The van der Waals surface area contributed by atoms with Crippen LogP contribution in [0.2, 0.25) is 0 Å². The average Bonchev–Trinajstić information content (AvgIpc) is 3.48. The Kier molecular flexibility index (Phi) is 5.65.